The van der Waals surface area contributed by atoms with Gasteiger partial charge in [0.15, 0.2) is 0 Å². The number of anilines is 1. The van der Waals surface area contributed by atoms with Crippen LogP contribution < -0.4 is 10.1 Å². The Bertz CT molecular complexity index is 1040. The van der Waals surface area contributed by atoms with E-state index in [0.29, 0.717) is 30.1 Å². The van der Waals surface area contributed by atoms with Crippen LogP contribution in [0.25, 0.3) is 0 Å². The third-order valence-corrected chi connectivity index (χ3v) is 6.77. The quantitative estimate of drug-likeness (QED) is 0.810. The highest BCUT2D eigenvalue weighted by atomic mass is 32.2. The van der Waals surface area contributed by atoms with Crippen LogP contribution in [-0.4, -0.2) is 38.8 Å². The maximum atomic E-state index is 13.0. The van der Waals surface area contributed by atoms with Gasteiger partial charge in [-0.2, -0.15) is 9.57 Å². The minimum atomic E-state index is -3.65. The zero-order valence-corrected chi connectivity index (χ0v) is 17.0. The molecule has 0 radical (unpaired) electrons. The summed E-state index contributed by atoms with van der Waals surface area (Å²) in [6.45, 7) is 0.994. The number of benzene rings is 2. The lowest BCUT2D eigenvalue weighted by molar-refractivity contribution is 0.102. The van der Waals surface area contributed by atoms with E-state index in [4.69, 9.17) is 10.00 Å². The summed E-state index contributed by atoms with van der Waals surface area (Å²) >= 11 is 0. The first kappa shape index (κ1) is 20.8. The molecule has 1 amide bonds. The van der Waals surface area contributed by atoms with E-state index in [-0.39, 0.29) is 10.5 Å². The first-order valence-electron chi connectivity index (χ1n) is 9.45. The van der Waals surface area contributed by atoms with Gasteiger partial charge in [-0.05, 0) is 49.2 Å². The summed E-state index contributed by atoms with van der Waals surface area (Å²) in [6.07, 6.45) is 3.74. The predicted molar refractivity (Wildman–Crippen MR) is 109 cm³/mol. The van der Waals surface area contributed by atoms with Crippen LogP contribution in [0.15, 0.2) is 47.4 Å². The molecule has 0 unspecified atom stereocenters. The fourth-order valence-electron chi connectivity index (χ4n) is 3.30. The Balaban J connectivity index is 1.86. The maximum absolute atomic E-state index is 13.0. The topological polar surface area (TPSA) is 99.5 Å². The highest BCUT2D eigenvalue weighted by Gasteiger charge is 2.26. The van der Waals surface area contributed by atoms with E-state index < -0.39 is 15.9 Å². The molecule has 1 heterocycles. The molecule has 7 nitrogen and oxygen atoms in total. The Morgan fingerprint density at radius 3 is 2.48 bits per heavy atom. The number of hydrogen-bond donors (Lipinski definition) is 1. The van der Waals surface area contributed by atoms with Crippen LogP contribution in [0.3, 0.4) is 0 Å². The van der Waals surface area contributed by atoms with Crippen molar-refractivity contribution in [2.45, 2.75) is 30.6 Å². The summed E-state index contributed by atoms with van der Waals surface area (Å²) in [5.41, 5.74) is 0.932. The minimum absolute atomic E-state index is 0.102. The molecular formula is C21H23N3O4S. The average Bonchev–Trinajstić information content (AvgIpc) is 3.04. The van der Waals surface area contributed by atoms with Gasteiger partial charge in [0.2, 0.25) is 10.0 Å². The van der Waals surface area contributed by atoms with Gasteiger partial charge in [-0.25, -0.2) is 8.42 Å². The Labute approximate surface area is 171 Å². The predicted octanol–water partition coefficient (Wildman–Crippen LogP) is 3.38. The highest BCUT2D eigenvalue weighted by Crippen LogP contribution is 2.26. The molecule has 0 aromatic heterocycles. The number of nitrogens with one attached hydrogen (secondary N) is 1. The van der Waals surface area contributed by atoms with Gasteiger partial charge in [0.25, 0.3) is 5.91 Å². The van der Waals surface area contributed by atoms with E-state index in [0.717, 1.165) is 25.7 Å². The largest absolute Gasteiger partial charge is 0.495 e. The Morgan fingerprint density at radius 2 is 1.83 bits per heavy atom. The van der Waals surface area contributed by atoms with Crippen LogP contribution in [-0.2, 0) is 10.0 Å². The van der Waals surface area contributed by atoms with Crippen molar-refractivity contribution in [3.63, 3.8) is 0 Å². The van der Waals surface area contributed by atoms with Gasteiger partial charge in [0.1, 0.15) is 5.75 Å². The van der Waals surface area contributed by atoms with E-state index >= 15 is 0 Å². The number of nitriles is 1. The number of rotatable bonds is 5. The van der Waals surface area contributed by atoms with Gasteiger partial charge in [0, 0.05) is 18.7 Å². The summed E-state index contributed by atoms with van der Waals surface area (Å²) in [5, 5.41) is 11.8. The number of nitrogens with zero attached hydrogens (tertiary/aromatic N) is 2. The maximum Gasteiger partial charge on any atom is 0.255 e. The molecule has 1 N–H and O–H groups in total. The van der Waals surface area contributed by atoms with E-state index in [2.05, 4.69) is 5.32 Å². The fraction of sp³-hybridized carbons (Fsp3) is 0.333. The molecule has 1 saturated heterocycles. The lowest BCUT2D eigenvalue weighted by Gasteiger charge is -2.20. The van der Waals surface area contributed by atoms with Crippen molar-refractivity contribution in [2.24, 2.45) is 0 Å². The van der Waals surface area contributed by atoms with Gasteiger partial charge in [-0.15, -0.1) is 0 Å². The van der Waals surface area contributed by atoms with Crippen LogP contribution in [0.4, 0.5) is 5.69 Å². The zero-order chi connectivity index (χ0) is 20.9. The SMILES string of the molecule is COc1ccc(C#N)cc1NC(=O)c1cccc(S(=O)(=O)N2CCCCCC2)c1. The summed E-state index contributed by atoms with van der Waals surface area (Å²) in [7, 11) is -2.19. The standard InChI is InChI=1S/C21H23N3O4S/c1-28-20-10-9-16(15-22)13-19(20)23-21(25)17-7-6-8-18(14-17)29(26,27)24-11-4-2-3-5-12-24/h6-10,13-14H,2-5,11-12H2,1H3,(H,23,25). The molecule has 0 atom stereocenters. The number of ether oxygens (including phenoxy) is 1. The van der Waals surface area contributed by atoms with Crippen LogP contribution in [0.5, 0.6) is 5.75 Å². The van der Waals surface area contributed by atoms with Crippen LogP contribution in [0.1, 0.15) is 41.6 Å². The highest BCUT2D eigenvalue weighted by molar-refractivity contribution is 7.89. The monoisotopic (exact) mass is 413 g/mol. The van der Waals surface area contributed by atoms with Crippen molar-refractivity contribution in [3.05, 3.63) is 53.6 Å². The molecule has 0 bridgehead atoms. The van der Waals surface area contributed by atoms with Gasteiger partial charge < -0.3 is 10.1 Å². The van der Waals surface area contributed by atoms with E-state index in [1.165, 1.54) is 29.6 Å². The molecule has 0 spiro atoms. The normalized spacial score (nSPS) is 15.2. The van der Waals surface area contributed by atoms with E-state index in [9.17, 15) is 13.2 Å². The van der Waals surface area contributed by atoms with Crippen molar-refractivity contribution in [3.8, 4) is 11.8 Å². The molecule has 0 aliphatic carbocycles. The lowest BCUT2D eigenvalue weighted by Crippen LogP contribution is -2.32. The zero-order valence-electron chi connectivity index (χ0n) is 16.2. The van der Waals surface area contributed by atoms with Crippen molar-refractivity contribution in [1.29, 1.82) is 5.26 Å². The summed E-state index contributed by atoms with van der Waals surface area (Å²) < 4.78 is 32.7. The summed E-state index contributed by atoms with van der Waals surface area (Å²) in [6, 6.07) is 12.7. The van der Waals surface area contributed by atoms with Gasteiger partial charge >= 0.3 is 0 Å². The van der Waals surface area contributed by atoms with Crippen LogP contribution in [0.2, 0.25) is 0 Å². The second kappa shape index (κ2) is 9.07. The first-order valence-corrected chi connectivity index (χ1v) is 10.9. The third-order valence-electron chi connectivity index (χ3n) is 4.88. The second-order valence-corrected chi connectivity index (χ2v) is 8.77. The number of hydrogen-bond acceptors (Lipinski definition) is 5. The Kier molecular flexibility index (Phi) is 6.52. The number of carbonyl (C=O) groups is 1. The molecule has 3 rings (SSSR count). The summed E-state index contributed by atoms with van der Waals surface area (Å²) in [5.74, 6) is -0.0722. The van der Waals surface area contributed by atoms with Crippen LogP contribution in [0, 0.1) is 11.3 Å². The molecule has 1 fully saturated rings. The Morgan fingerprint density at radius 1 is 1.10 bits per heavy atom. The minimum Gasteiger partial charge on any atom is -0.495 e. The molecule has 29 heavy (non-hydrogen) atoms. The molecular weight excluding hydrogens is 390 g/mol. The van der Waals surface area contributed by atoms with Crippen molar-refractivity contribution in [1.82, 2.24) is 4.31 Å². The fourth-order valence-corrected chi connectivity index (χ4v) is 4.86. The van der Waals surface area contributed by atoms with E-state index in [1.807, 2.05) is 6.07 Å². The van der Waals surface area contributed by atoms with Gasteiger partial charge in [-0.3, -0.25) is 4.79 Å². The van der Waals surface area contributed by atoms with Gasteiger partial charge in [-0.1, -0.05) is 18.9 Å². The number of carbonyl (C=O) groups excluding carboxylic acids is 1. The molecule has 2 aromatic rings. The Hall–Kier alpha value is -2.89. The molecule has 1 aliphatic rings. The number of sulfonamides is 1. The molecule has 152 valence electrons. The van der Waals surface area contributed by atoms with Crippen molar-refractivity contribution in [2.75, 3.05) is 25.5 Å². The number of methoxy groups -OCH3 is 1. The molecule has 8 heteroatoms. The first-order chi connectivity index (χ1) is 14.0. The third kappa shape index (κ3) is 4.75. The number of amides is 1. The van der Waals surface area contributed by atoms with Gasteiger partial charge in [0.05, 0.1) is 29.3 Å². The van der Waals surface area contributed by atoms with E-state index in [1.54, 1.807) is 24.3 Å². The second-order valence-electron chi connectivity index (χ2n) is 6.83. The van der Waals surface area contributed by atoms with Crippen LogP contribution >= 0.6 is 0 Å². The summed E-state index contributed by atoms with van der Waals surface area (Å²) in [4.78, 5) is 12.8. The van der Waals surface area contributed by atoms with Crippen molar-refractivity contribution >= 4 is 21.6 Å². The lowest BCUT2D eigenvalue weighted by atomic mass is 10.1. The average molecular weight is 413 g/mol. The van der Waals surface area contributed by atoms with Crippen molar-refractivity contribution < 1.29 is 17.9 Å². The molecule has 1 aliphatic heterocycles. The molecule has 0 saturated carbocycles. The smallest absolute Gasteiger partial charge is 0.255 e. The molecule has 2 aromatic carbocycles.